The van der Waals surface area contributed by atoms with E-state index in [2.05, 4.69) is 15.4 Å². The quantitative estimate of drug-likeness (QED) is 0.637. The van der Waals surface area contributed by atoms with Crippen LogP contribution < -0.4 is 5.32 Å². The summed E-state index contributed by atoms with van der Waals surface area (Å²) in [7, 11) is 0. The minimum Gasteiger partial charge on any atom is -0.341 e. The van der Waals surface area contributed by atoms with E-state index >= 15 is 0 Å². The molecule has 0 unspecified atom stereocenters. The average Bonchev–Trinajstić information content (AvgIpc) is 3.06. The molecule has 1 aliphatic heterocycles. The SMILES string of the molecule is C[C@@]1(c2ccc(F)cc2)C=C(c2ccc(F)cc2)n2nc(C(F)(F)F)nc2N1. The van der Waals surface area contributed by atoms with Crippen LogP contribution in [0, 0.1) is 11.6 Å². The first-order chi connectivity index (χ1) is 13.2. The molecule has 0 radical (unpaired) electrons. The lowest BCUT2D eigenvalue weighted by atomic mass is 9.89. The van der Waals surface area contributed by atoms with Crippen molar-refractivity contribution >= 4 is 11.6 Å². The number of anilines is 1. The van der Waals surface area contributed by atoms with E-state index in [1.807, 2.05) is 0 Å². The first-order valence-electron chi connectivity index (χ1n) is 8.23. The van der Waals surface area contributed by atoms with Gasteiger partial charge in [-0.2, -0.15) is 22.8 Å². The van der Waals surface area contributed by atoms with E-state index in [0.717, 1.165) is 4.68 Å². The van der Waals surface area contributed by atoms with Gasteiger partial charge in [0.15, 0.2) is 0 Å². The Labute approximate surface area is 156 Å². The van der Waals surface area contributed by atoms with Gasteiger partial charge >= 0.3 is 6.18 Å². The molecule has 144 valence electrons. The molecule has 2 heterocycles. The van der Waals surface area contributed by atoms with Crippen LogP contribution in [-0.2, 0) is 11.7 Å². The van der Waals surface area contributed by atoms with Gasteiger partial charge in [-0.05, 0) is 55.0 Å². The molecular formula is C19H13F5N4. The fraction of sp³-hybridized carbons (Fsp3) is 0.158. The molecule has 9 heteroatoms. The summed E-state index contributed by atoms with van der Waals surface area (Å²) >= 11 is 0. The van der Waals surface area contributed by atoms with Crippen molar-refractivity contribution in [2.75, 3.05) is 5.32 Å². The normalized spacial score (nSPS) is 19.0. The Morgan fingerprint density at radius 1 is 0.929 bits per heavy atom. The van der Waals surface area contributed by atoms with Gasteiger partial charge in [-0.15, -0.1) is 5.10 Å². The topological polar surface area (TPSA) is 42.7 Å². The van der Waals surface area contributed by atoms with Gasteiger partial charge in [-0.25, -0.2) is 8.78 Å². The van der Waals surface area contributed by atoms with Crippen LogP contribution in [0.2, 0.25) is 0 Å². The molecule has 0 fully saturated rings. The summed E-state index contributed by atoms with van der Waals surface area (Å²) in [4.78, 5) is 3.58. The van der Waals surface area contributed by atoms with Crippen LogP contribution in [0.5, 0.6) is 0 Å². The first-order valence-corrected chi connectivity index (χ1v) is 8.23. The van der Waals surface area contributed by atoms with E-state index < -0.39 is 29.2 Å². The third-order valence-corrected chi connectivity index (χ3v) is 4.47. The summed E-state index contributed by atoms with van der Waals surface area (Å²) in [6, 6.07) is 10.9. The van der Waals surface area contributed by atoms with Gasteiger partial charge in [-0.1, -0.05) is 12.1 Å². The maximum Gasteiger partial charge on any atom is 0.453 e. The number of fused-ring (bicyclic) bond motifs is 1. The monoisotopic (exact) mass is 392 g/mol. The summed E-state index contributed by atoms with van der Waals surface area (Å²) in [5.74, 6) is -2.34. The molecule has 0 aliphatic carbocycles. The van der Waals surface area contributed by atoms with Crippen LogP contribution in [0.1, 0.15) is 23.9 Å². The van der Waals surface area contributed by atoms with Crippen molar-refractivity contribution in [3.63, 3.8) is 0 Å². The number of nitrogens with zero attached hydrogens (tertiary/aromatic N) is 3. The standard InChI is InChI=1S/C19H13F5N4/c1-18(12-4-8-14(21)9-5-12)10-15(11-2-6-13(20)7-3-11)28-17(26-18)25-16(27-28)19(22,23)24/h2-10H,1H3,(H,25,26,27)/t18-/m0/s1. The highest BCUT2D eigenvalue weighted by molar-refractivity contribution is 5.73. The molecule has 28 heavy (non-hydrogen) atoms. The highest BCUT2D eigenvalue weighted by Crippen LogP contribution is 2.38. The Kier molecular flexibility index (Phi) is 3.99. The molecule has 1 aromatic heterocycles. The number of hydrogen-bond donors (Lipinski definition) is 1. The summed E-state index contributed by atoms with van der Waals surface area (Å²) in [5, 5.41) is 6.50. The molecule has 2 aromatic carbocycles. The van der Waals surface area contributed by atoms with Gasteiger partial charge in [0.2, 0.25) is 5.95 Å². The van der Waals surface area contributed by atoms with Gasteiger partial charge in [0, 0.05) is 5.56 Å². The van der Waals surface area contributed by atoms with Crippen molar-refractivity contribution in [1.82, 2.24) is 14.8 Å². The molecular weight excluding hydrogens is 379 g/mol. The molecule has 1 atom stereocenters. The molecule has 4 nitrogen and oxygen atoms in total. The fourth-order valence-corrected chi connectivity index (χ4v) is 3.06. The third-order valence-electron chi connectivity index (χ3n) is 4.47. The second-order valence-electron chi connectivity index (χ2n) is 6.54. The predicted molar refractivity (Wildman–Crippen MR) is 92.2 cm³/mol. The van der Waals surface area contributed by atoms with Crippen molar-refractivity contribution in [3.8, 4) is 0 Å². The second-order valence-corrected chi connectivity index (χ2v) is 6.54. The van der Waals surface area contributed by atoms with E-state index in [1.165, 1.54) is 48.5 Å². The predicted octanol–water partition coefficient (Wildman–Crippen LogP) is 4.81. The van der Waals surface area contributed by atoms with Crippen molar-refractivity contribution in [1.29, 1.82) is 0 Å². The van der Waals surface area contributed by atoms with Gasteiger partial charge in [0.25, 0.3) is 5.82 Å². The number of alkyl halides is 3. The molecule has 3 aromatic rings. The van der Waals surface area contributed by atoms with Crippen LogP contribution in [0.4, 0.5) is 27.9 Å². The van der Waals surface area contributed by atoms with E-state index in [0.29, 0.717) is 16.8 Å². The van der Waals surface area contributed by atoms with Crippen molar-refractivity contribution in [2.24, 2.45) is 0 Å². The summed E-state index contributed by atoms with van der Waals surface area (Å²) in [5.41, 5.74) is 0.361. The number of hydrogen-bond acceptors (Lipinski definition) is 3. The average molecular weight is 392 g/mol. The number of benzene rings is 2. The Morgan fingerprint density at radius 3 is 2.07 bits per heavy atom. The molecule has 1 aliphatic rings. The maximum absolute atomic E-state index is 13.3. The lowest BCUT2D eigenvalue weighted by Crippen LogP contribution is -2.35. The highest BCUT2D eigenvalue weighted by atomic mass is 19.4. The van der Waals surface area contributed by atoms with E-state index in [9.17, 15) is 22.0 Å². The Bertz CT molecular complexity index is 1050. The van der Waals surface area contributed by atoms with Crippen LogP contribution in [0.3, 0.4) is 0 Å². The largest absolute Gasteiger partial charge is 0.453 e. The molecule has 4 rings (SSSR count). The number of rotatable bonds is 2. The third kappa shape index (κ3) is 3.12. The van der Waals surface area contributed by atoms with Crippen molar-refractivity contribution in [2.45, 2.75) is 18.6 Å². The minimum atomic E-state index is -4.73. The van der Waals surface area contributed by atoms with Crippen LogP contribution in [0.25, 0.3) is 5.70 Å². The molecule has 0 spiro atoms. The van der Waals surface area contributed by atoms with Crippen molar-refractivity contribution in [3.05, 3.63) is 83.2 Å². The maximum atomic E-state index is 13.3. The summed E-state index contributed by atoms with van der Waals surface area (Å²) < 4.78 is 67.1. The van der Waals surface area contributed by atoms with Crippen LogP contribution in [-0.4, -0.2) is 14.8 Å². The lowest BCUT2D eigenvalue weighted by molar-refractivity contribution is -0.144. The van der Waals surface area contributed by atoms with Crippen LogP contribution >= 0.6 is 0 Å². The zero-order valence-corrected chi connectivity index (χ0v) is 14.4. The Hall–Kier alpha value is -3.23. The molecule has 0 bridgehead atoms. The highest BCUT2D eigenvalue weighted by Gasteiger charge is 2.40. The van der Waals surface area contributed by atoms with E-state index in [1.54, 1.807) is 13.0 Å². The molecule has 0 saturated carbocycles. The van der Waals surface area contributed by atoms with E-state index in [-0.39, 0.29) is 5.95 Å². The van der Waals surface area contributed by atoms with E-state index in [4.69, 9.17) is 0 Å². The van der Waals surface area contributed by atoms with Crippen molar-refractivity contribution < 1.29 is 22.0 Å². The molecule has 0 saturated heterocycles. The smallest absolute Gasteiger partial charge is 0.341 e. The zero-order valence-electron chi connectivity index (χ0n) is 14.4. The Balaban J connectivity index is 1.90. The van der Waals surface area contributed by atoms with Gasteiger partial charge in [0.05, 0.1) is 11.2 Å². The van der Waals surface area contributed by atoms with Gasteiger partial charge in [0.1, 0.15) is 11.6 Å². The summed E-state index contributed by atoms with van der Waals surface area (Å²) in [6.45, 7) is 1.72. The van der Waals surface area contributed by atoms with Crippen LogP contribution in [0.15, 0.2) is 54.6 Å². The second kappa shape index (κ2) is 6.15. The first kappa shape index (κ1) is 18.1. The number of nitrogens with one attached hydrogen (secondary N) is 1. The molecule has 0 amide bonds. The van der Waals surface area contributed by atoms with Gasteiger partial charge < -0.3 is 5.32 Å². The fourth-order valence-electron chi connectivity index (χ4n) is 3.06. The Morgan fingerprint density at radius 2 is 1.50 bits per heavy atom. The zero-order chi connectivity index (χ0) is 20.1. The van der Waals surface area contributed by atoms with Gasteiger partial charge in [-0.3, -0.25) is 0 Å². The summed E-state index contributed by atoms with van der Waals surface area (Å²) in [6.07, 6.45) is -3.08. The minimum absolute atomic E-state index is 0.124. The molecule has 1 N–H and O–H groups in total. The number of aromatic nitrogens is 3. The lowest BCUT2D eigenvalue weighted by Gasteiger charge is -2.33. The number of halogens is 5.